The highest BCUT2D eigenvalue weighted by atomic mass is 32.2. The van der Waals surface area contributed by atoms with Gasteiger partial charge >= 0.3 is 0 Å². The molecular weight excluding hydrogens is 425 g/mol. The van der Waals surface area contributed by atoms with Crippen LogP contribution in [0.2, 0.25) is 0 Å². The molecule has 0 amide bonds. The molecule has 0 radical (unpaired) electrons. The average Bonchev–Trinajstić information content (AvgIpc) is 3.20. The van der Waals surface area contributed by atoms with E-state index >= 15 is 0 Å². The highest BCUT2D eigenvalue weighted by Gasteiger charge is 2.13. The number of anilines is 2. The van der Waals surface area contributed by atoms with Crippen molar-refractivity contribution in [3.8, 4) is 11.5 Å². The molecule has 7 nitrogen and oxygen atoms in total. The molecule has 10 heteroatoms. The van der Waals surface area contributed by atoms with Crippen LogP contribution in [0.15, 0.2) is 70.8 Å². The van der Waals surface area contributed by atoms with E-state index in [4.69, 9.17) is 9.84 Å². The number of aromatic nitrogens is 4. The van der Waals surface area contributed by atoms with Crippen molar-refractivity contribution in [2.24, 2.45) is 0 Å². The van der Waals surface area contributed by atoms with Crippen molar-refractivity contribution in [2.45, 2.75) is 16.3 Å². The van der Waals surface area contributed by atoms with Crippen molar-refractivity contribution in [3.63, 3.8) is 0 Å². The summed E-state index contributed by atoms with van der Waals surface area (Å²) in [7, 11) is 0. The van der Waals surface area contributed by atoms with Crippen molar-refractivity contribution in [1.82, 2.24) is 19.3 Å². The van der Waals surface area contributed by atoms with Crippen molar-refractivity contribution >= 4 is 34.2 Å². The fourth-order valence-corrected chi connectivity index (χ4v) is 3.81. The highest BCUT2D eigenvalue weighted by Crippen LogP contribution is 2.35. The van der Waals surface area contributed by atoms with Gasteiger partial charge in [0.25, 0.3) is 0 Å². The Bertz CT molecular complexity index is 1110. The first-order valence-electron chi connectivity index (χ1n) is 8.92. The van der Waals surface area contributed by atoms with Crippen LogP contribution < -0.4 is 10.1 Å². The lowest BCUT2D eigenvalue weighted by Crippen LogP contribution is -1.98. The van der Waals surface area contributed by atoms with Crippen molar-refractivity contribution in [2.75, 3.05) is 11.9 Å². The van der Waals surface area contributed by atoms with Crippen LogP contribution in [0, 0.1) is 5.82 Å². The second-order valence-electron chi connectivity index (χ2n) is 5.96. The molecule has 3 heterocycles. The SMILES string of the molecule is OCCc1nsc(Nc2ncc(Sc3ccccn3)cc2Oc2ccc(F)cc2)n1. The second kappa shape index (κ2) is 9.61. The number of halogens is 1. The van der Waals surface area contributed by atoms with E-state index < -0.39 is 0 Å². The molecule has 0 unspecified atom stereocenters. The Morgan fingerprint density at radius 2 is 2.00 bits per heavy atom. The summed E-state index contributed by atoms with van der Waals surface area (Å²) in [4.78, 5) is 13.9. The number of hydrogen-bond donors (Lipinski definition) is 2. The molecule has 0 atom stereocenters. The second-order valence-corrected chi connectivity index (χ2v) is 7.80. The number of nitrogens with zero attached hydrogens (tertiary/aromatic N) is 4. The number of ether oxygens (including phenoxy) is 1. The monoisotopic (exact) mass is 441 g/mol. The number of rotatable bonds is 8. The molecule has 30 heavy (non-hydrogen) atoms. The number of hydrogen-bond acceptors (Lipinski definition) is 9. The van der Waals surface area contributed by atoms with Crippen molar-refractivity contribution in [3.05, 3.63) is 72.6 Å². The summed E-state index contributed by atoms with van der Waals surface area (Å²) in [6, 6.07) is 13.2. The molecular formula is C20H16FN5O2S2. The van der Waals surface area contributed by atoms with Gasteiger partial charge in [-0.15, -0.1) is 0 Å². The zero-order valence-corrected chi connectivity index (χ0v) is 17.2. The topological polar surface area (TPSA) is 93.1 Å². The molecule has 0 saturated heterocycles. The Morgan fingerprint density at radius 3 is 2.77 bits per heavy atom. The Labute approximate surface area is 180 Å². The van der Waals surface area contributed by atoms with Gasteiger partial charge in [0.05, 0.1) is 6.61 Å². The van der Waals surface area contributed by atoms with Crippen LogP contribution in [-0.4, -0.2) is 31.0 Å². The number of benzene rings is 1. The van der Waals surface area contributed by atoms with E-state index in [1.54, 1.807) is 24.5 Å². The summed E-state index contributed by atoms with van der Waals surface area (Å²) in [6.45, 7) is -0.0210. The first-order chi connectivity index (χ1) is 14.7. The molecule has 0 aliphatic rings. The maximum Gasteiger partial charge on any atom is 0.208 e. The molecule has 152 valence electrons. The van der Waals surface area contributed by atoms with Crippen LogP contribution >= 0.6 is 23.3 Å². The van der Waals surface area contributed by atoms with Gasteiger partial charge in [0.15, 0.2) is 11.6 Å². The molecule has 0 fully saturated rings. The first kappa shape index (κ1) is 20.2. The molecule has 1 aromatic carbocycles. The summed E-state index contributed by atoms with van der Waals surface area (Å²) in [5, 5.41) is 13.5. The van der Waals surface area contributed by atoms with Crippen LogP contribution in [0.1, 0.15) is 5.82 Å². The fourth-order valence-electron chi connectivity index (χ4n) is 2.42. The van der Waals surface area contributed by atoms with Gasteiger partial charge in [-0.25, -0.2) is 19.3 Å². The molecule has 0 bridgehead atoms. The maximum atomic E-state index is 13.2. The number of nitrogens with one attached hydrogen (secondary N) is 1. The summed E-state index contributed by atoms with van der Waals surface area (Å²) in [5.74, 6) is 1.56. The molecule has 2 N–H and O–H groups in total. The Hall–Kier alpha value is -3.08. The summed E-state index contributed by atoms with van der Waals surface area (Å²) in [5.41, 5.74) is 0. The summed E-state index contributed by atoms with van der Waals surface area (Å²) in [6.07, 6.45) is 3.81. The third-order valence-electron chi connectivity index (χ3n) is 3.76. The van der Waals surface area contributed by atoms with Crippen LogP contribution in [0.4, 0.5) is 15.3 Å². The smallest absolute Gasteiger partial charge is 0.208 e. The molecule has 0 aliphatic carbocycles. The molecule has 0 spiro atoms. The standard InChI is InChI=1S/C20H16FN5O2S2/c21-13-4-6-14(7-5-13)28-16-11-15(29-18-3-1-2-9-22-18)12-23-19(16)25-20-24-17(8-10-27)26-30-20/h1-7,9,11-12,27H,8,10H2,(H,23,24,25,26). The lowest BCUT2D eigenvalue weighted by Gasteiger charge is -2.12. The minimum absolute atomic E-state index is 0.0210. The van der Waals surface area contributed by atoms with E-state index in [2.05, 4.69) is 24.6 Å². The van der Waals surface area contributed by atoms with E-state index in [9.17, 15) is 4.39 Å². The molecule has 3 aromatic heterocycles. The predicted molar refractivity (Wildman–Crippen MR) is 113 cm³/mol. The minimum atomic E-state index is -0.344. The normalized spacial score (nSPS) is 10.7. The van der Waals surface area contributed by atoms with Crippen molar-refractivity contribution < 1.29 is 14.2 Å². The van der Waals surface area contributed by atoms with Gasteiger partial charge in [-0.05, 0) is 36.4 Å². The Balaban J connectivity index is 1.62. The van der Waals surface area contributed by atoms with Crippen molar-refractivity contribution in [1.29, 1.82) is 0 Å². The zero-order chi connectivity index (χ0) is 20.8. The lowest BCUT2D eigenvalue weighted by molar-refractivity contribution is 0.297. The highest BCUT2D eigenvalue weighted by molar-refractivity contribution is 7.99. The van der Waals surface area contributed by atoms with Gasteiger partial charge in [0.1, 0.15) is 22.4 Å². The minimum Gasteiger partial charge on any atom is -0.453 e. The average molecular weight is 442 g/mol. The van der Waals surface area contributed by atoms with E-state index in [0.29, 0.717) is 34.7 Å². The summed E-state index contributed by atoms with van der Waals surface area (Å²) >= 11 is 2.61. The third kappa shape index (κ3) is 5.29. The number of aliphatic hydroxyl groups is 1. The first-order valence-corrected chi connectivity index (χ1v) is 10.5. The van der Waals surface area contributed by atoms with Gasteiger partial charge in [-0.3, -0.25) is 0 Å². The van der Waals surface area contributed by atoms with Gasteiger partial charge in [0, 0.05) is 41.3 Å². The number of pyridine rings is 2. The molecule has 0 aliphatic heterocycles. The van der Waals surface area contributed by atoms with Gasteiger partial charge < -0.3 is 15.2 Å². The Kier molecular flexibility index (Phi) is 6.47. The molecule has 0 saturated carbocycles. The quantitative estimate of drug-likeness (QED) is 0.407. The largest absolute Gasteiger partial charge is 0.453 e. The van der Waals surface area contributed by atoms with Gasteiger partial charge in [-0.1, -0.05) is 17.8 Å². The fraction of sp³-hybridized carbons (Fsp3) is 0.100. The van der Waals surface area contributed by atoms with Gasteiger partial charge in [-0.2, -0.15) is 4.37 Å². The van der Waals surface area contributed by atoms with Crippen LogP contribution in [0.5, 0.6) is 11.5 Å². The lowest BCUT2D eigenvalue weighted by atomic mass is 10.3. The molecule has 4 rings (SSSR count). The van der Waals surface area contributed by atoms with Crippen LogP contribution in [0.25, 0.3) is 0 Å². The van der Waals surface area contributed by atoms with E-state index in [-0.39, 0.29) is 12.4 Å². The summed E-state index contributed by atoms with van der Waals surface area (Å²) < 4.78 is 23.4. The van der Waals surface area contributed by atoms with E-state index in [0.717, 1.165) is 21.5 Å². The van der Waals surface area contributed by atoms with Crippen LogP contribution in [0.3, 0.4) is 0 Å². The Morgan fingerprint density at radius 1 is 1.13 bits per heavy atom. The molecule has 4 aromatic rings. The third-order valence-corrected chi connectivity index (χ3v) is 5.34. The predicted octanol–water partition coefficient (Wildman–Crippen LogP) is 4.69. The van der Waals surface area contributed by atoms with E-state index in [1.807, 2.05) is 24.3 Å². The zero-order valence-electron chi connectivity index (χ0n) is 15.5. The van der Waals surface area contributed by atoms with E-state index in [1.165, 1.54) is 23.9 Å². The number of aliphatic hydroxyl groups excluding tert-OH is 1. The van der Waals surface area contributed by atoms with Crippen LogP contribution in [-0.2, 0) is 6.42 Å². The maximum absolute atomic E-state index is 13.2. The van der Waals surface area contributed by atoms with Gasteiger partial charge in [0.2, 0.25) is 5.13 Å².